The topological polar surface area (TPSA) is 112 Å². The summed E-state index contributed by atoms with van der Waals surface area (Å²) in [5.74, 6) is 0. The van der Waals surface area contributed by atoms with Crippen molar-refractivity contribution in [3.05, 3.63) is 43.1 Å². The molecule has 0 atom stereocenters. The number of aromatic nitrogens is 2. The molecule has 0 saturated carbocycles. The number of hydrogen-bond acceptors (Lipinski definition) is 9. The second-order valence-electron chi connectivity index (χ2n) is 3.76. The van der Waals surface area contributed by atoms with Crippen LogP contribution in [0.4, 0.5) is 11.4 Å². The van der Waals surface area contributed by atoms with Crippen LogP contribution in [0.15, 0.2) is 22.9 Å². The van der Waals surface area contributed by atoms with Crippen molar-refractivity contribution in [2.75, 3.05) is 0 Å². The Hall–Kier alpha value is -2.24. The lowest BCUT2D eigenvalue weighted by atomic mass is 10.4. The molecule has 0 bridgehead atoms. The predicted molar refractivity (Wildman–Crippen MR) is 79.8 cm³/mol. The lowest BCUT2D eigenvalue weighted by molar-refractivity contribution is -0.384. The van der Waals surface area contributed by atoms with E-state index in [0.29, 0.717) is 19.8 Å². The lowest BCUT2D eigenvalue weighted by Gasteiger charge is -1.85. The van der Waals surface area contributed by atoms with Gasteiger partial charge < -0.3 is 0 Å². The average molecular weight is 340 g/mol. The van der Waals surface area contributed by atoms with Gasteiger partial charge in [0, 0.05) is 12.1 Å². The maximum Gasteiger partial charge on any atom is 0.280 e. The summed E-state index contributed by atoms with van der Waals surface area (Å²) in [5.41, 5.74) is 0.0250. The van der Waals surface area contributed by atoms with E-state index < -0.39 is 9.85 Å². The van der Waals surface area contributed by atoms with E-state index in [0.717, 1.165) is 0 Å². The summed E-state index contributed by atoms with van der Waals surface area (Å²) in [5, 5.41) is 33.3. The molecule has 0 N–H and O–H groups in total. The molecule has 0 unspecified atom stereocenters. The Morgan fingerprint density at radius 1 is 0.857 bits per heavy atom. The largest absolute Gasteiger partial charge is 0.280 e. The average Bonchev–Trinajstić information content (AvgIpc) is 3.18. The molecule has 3 rings (SSSR count). The van der Waals surface area contributed by atoms with Crippen LogP contribution in [0.25, 0.3) is 19.8 Å². The van der Waals surface area contributed by atoms with Crippen molar-refractivity contribution < 1.29 is 9.85 Å². The lowest BCUT2D eigenvalue weighted by Crippen LogP contribution is -1.82. The minimum Gasteiger partial charge on any atom is -0.258 e. The first-order valence-corrected chi connectivity index (χ1v) is 7.92. The fourth-order valence-electron chi connectivity index (χ4n) is 1.49. The van der Waals surface area contributed by atoms with E-state index in [-0.39, 0.29) is 11.4 Å². The van der Waals surface area contributed by atoms with Crippen molar-refractivity contribution in [3.8, 4) is 19.8 Å². The maximum atomic E-state index is 10.7. The second kappa shape index (κ2) is 5.27. The molecule has 0 saturated heterocycles. The van der Waals surface area contributed by atoms with Crippen LogP contribution in [0.5, 0.6) is 0 Å². The summed E-state index contributed by atoms with van der Waals surface area (Å²) < 4.78 is 0. The van der Waals surface area contributed by atoms with Crippen molar-refractivity contribution in [1.29, 1.82) is 0 Å². The fourth-order valence-corrected chi connectivity index (χ4v) is 4.16. The van der Waals surface area contributed by atoms with Gasteiger partial charge in [0.15, 0.2) is 10.0 Å². The van der Waals surface area contributed by atoms with Crippen molar-refractivity contribution in [1.82, 2.24) is 10.2 Å². The van der Waals surface area contributed by atoms with E-state index in [1.54, 1.807) is 0 Å². The molecule has 0 radical (unpaired) electrons. The highest BCUT2D eigenvalue weighted by atomic mass is 32.1. The summed E-state index contributed by atoms with van der Waals surface area (Å²) in [4.78, 5) is 21.7. The van der Waals surface area contributed by atoms with Crippen LogP contribution in [0.3, 0.4) is 0 Å². The predicted octanol–water partition coefficient (Wildman–Crippen LogP) is 3.81. The monoisotopic (exact) mass is 340 g/mol. The SMILES string of the molecule is O=[N+]([O-])c1csc(-c2nnc(-c3cc([N+](=O)[O-])cs3)s2)c1. The normalized spacial score (nSPS) is 10.7. The highest BCUT2D eigenvalue weighted by Gasteiger charge is 2.17. The Labute approximate surface area is 128 Å². The molecule has 3 aromatic rings. The molecule has 11 heteroatoms. The van der Waals surface area contributed by atoms with Crippen LogP contribution < -0.4 is 0 Å². The number of nitro groups is 2. The van der Waals surface area contributed by atoms with E-state index in [9.17, 15) is 20.2 Å². The highest BCUT2D eigenvalue weighted by Crippen LogP contribution is 2.38. The summed E-state index contributed by atoms with van der Waals surface area (Å²) in [7, 11) is 0. The van der Waals surface area contributed by atoms with Crippen molar-refractivity contribution in [3.63, 3.8) is 0 Å². The molecule has 0 aliphatic carbocycles. The molecular weight excluding hydrogens is 336 g/mol. The molecule has 0 fully saturated rings. The van der Waals surface area contributed by atoms with Gasteiger partial charge in [0.1, 0.15) is 0 Å². The van der Waals surface area contributed by atoms with Gasteiger partial charge in [-0.25, -0.2) is 0 Å². The molecule has 3 aromatic heterocycles. The third kappa shape index (κ3) is 2.66. The zero-order chi connectivity index (χ0) is 15.0. The Kier molecular flexibility index (Phi) is 3.45. The van der Waals surface area contributed by atoms with Gasteiger partial charge in [-0.3, -0.25) is 20.2 Å². The number of thiophene rings is 2. The molecule has 0 aliphatic rings. The third-order valence-corrected chi connectivity index (χ3v) is 5.54. The summed E-state index contributed by atoms with van der Waals surface area (Å²) in [6.45, 7) is 0. The van der Waals surface area contributed by atoms with E-state index in [1.165, 1.54) is 56.9 Å². The number of nitrogens with zero attached hydrogens (tertiary/aromatic N) is 4. The van der Waals surface area contributed by atoms with Gasteiger partial charge in [-0.2, -0.15) is 0 Å². The zero-order valence-corrected chi connectivity index (χ0v) is 12.4. The molecule has 0 aliphatic heterocycles. The molecule has 21 heavy (non-hydrogen) atoms. The first kappa shape index (κ1) is 13.7. The van der Waals surface area contributed by atoms with Gasteiger partial charge >= 0.3 is 0 Å². The molecule has 3 heterocycles. The van der Waals surface area contributed by atoms with Crippen molar-refractivity contribution in [2.45, 2.75) is 0 Å². The quantitative estimate of drug-likeness (QED) is 0.527. The Morgan fingerprint density at radius 2 is 1.29 bits per heavy atom. The first-order valence-electron chi connectivity index (χ1n) is 5.34. The Morgan fingerprint density at radius 3 is 1.62 bits per heavy atom. The summed E-state index contributed by atoms with van der Waals surface area (Å²) >= 11 is 3.66. The molecular formula is C10H4N4O4S3. The fraction of sp³-hybridized carbons (Fsp3) is 0. The van der Waals surface area contributed by atoms with Gasteiger partial charge in [0.25, 0.3) is 11.4 Å². The van der Waals surface area contributed by atoms with Crippen LogP contribution in [0.1, 0.15) is 0 Å². The van der Waals surface area contributed by atoms with Crippen LogP contribution in [0.2, 0.25) is 0 Å². The van der Waals surface area contributed by atoms with E-state index in [2.05, 4.69) is 10.2 Å². The highest BCUT2D eigenvalue weighted by molar-refractivity contribution is 7.25. The van der Waals surface area contributed by atoms with Crippen LogP contribution >= 0.6 is 34.0 Å². The Bertz CT molecular complexity index is 770. The van der Waals surface area contributed by atoms with Crippen LogP contribution in [0, 0.1) is 20.2 Å². The third-order valence-electron chi connectivity index (χ3n) is 2.44. The van der Waals surface area contributed by atoms with E-state index >= 15 is 0 Å². The number of hydrogen-bond donors (Lipinski definition) is 0. The summed E-state index contributed by atoms with van der Waals surface area (Å²) in [6, 6.07) is 2.87. The van der Waals surface area contributed by atoms with E-state index in [4.69, 9.17) is 0 Å². The first-order chi connectivity index (χ1) is 10.0. The van der Waals surface area contributed by atoms with Gasteiger partial charge in [-0.1, -0.05) is 11.3 Å². The van der Waals surface area contributed by atoms with Gasteiger partial charge in [-0.05, 0) is 0 Å². The smallest absolute Gasteiger partial charge is 0.258 e. The molecule has 0 spiro atoms. The van der Waals surface area contributed by atoms with Crippen molar-refractivity contribution >= 4 is 45.4 Å². The standard InChI is InChI=1S/C10H4N4O4S3/c15-13(16)5-1-7(19-3-5)9-11-12-10(21-9)8-2-6(4-20-8)14(17)18/h1-4H. The molecule has 0 aromatic carbocycles. The summed E-state index contributed by atoms with van der Waals surface area (Å²) in [6.07, 6.45) is 0. The Balaban J connectivity index is 1.91. The minimum absolute atomic E-state index is 0.0125. The van der Waals surface area contributed by atoms with Crippen molar-refractivity contribution in [2.24, 2.45) is 0 Å². The van der Waals surface area contributed by atoms with Gasteiger partial charge in [0.05, 0.1) is 30.4 Å². The van der Waals surface area contributed by atoms with Crippen LogP contribution in [-0.2, 0) is 0 Å². The maximum absolute atomic E-state index is 10.7. The van der Waals surface area contributed by atoms with Crippen LogP contribution in [-0.4, -0.2) is 20.0 Å². The second-order valence-corrected chi connectivity index (χ2v) is 6.56. The molecule has 106 valence electrons. The zero-order valence-electron chi connectivity index (χ0n) is 9.96. The van der Waals surface area contributed by atoms with E-state index in [1.807, 2.05) is 0 Å². The molecule has 8 nitrogen and oxygen atoms in total. The van der Waals surface area contributed by atoms with Gasteiger partial charge in [0.2, 0.25) is 0 Å². The molecule has 0 amide bonds. The minimum atomic E-state index is -0.468. The number of rotatable bonds is 4. The van der Waals surface area contributed by atoms with Gasteiger partial charge in [-0.15, -0.1) is 32.9 Å².